The summed E-state index contributed by atoms with van der Waals surface area (Å²) in [4.78, 5) is 12.2. The van der Waals surface area contributed by atoms with E-state index in [4.69, 9.17) is 0 Å². The number of aromatic nitrogens is 1. The van der Waals surface area contributed by atoms with Gasteiger partial charge in [0.2, 0.25) is 6.54 Å². The Bertz CT molecular complexity index is 861. The van der Waals surface area contributed by atoms with Gasteiger partial charge >= 0.3 is 0 Å². The van der Waals surface area contributed by atoms with E-state index in [-0.39, 0.29) is 12.5 Å². The van der Waals surface area contributed by atoms with Crippen LogP contribution in [0.3, 0.4) is 0 Å². The zero-order valence-corrected chi connectivity index (χ0v) is 15.7. The molecule has 0 radical (unpaired) electrons. The van der Waals surface area contributed by atoms with Crippen molar-refractivity contribution in [3.63, 3.8) is 0 Å². The number of hydrogen-bond donors (Lipinski definition) is 1. The zero-order valence-electron chi connectivity index (χ0n) is 14.1. The first-order valence-electron chi connectivity index (χ1n) is 8.18. The second kappa shape index (κ2) is 8.08. The first-order chi connectivity index (χ1) is 12.1. The van der Waals surface area contributed by atoms with E-state index in [1.807, 2.05) is 60.3 Å². The van der Waals surface area contributed by atoms with Crippen molar-refractivity contribution < 1.29 is 9.36 Å². The van der Waals surface area contributed by atoms with E-state index in [0.29, 0.717) is 0 Å². The Morgan fingerprint density at radius 2 is 1.68 bits per heavy atom. The fourth-order valence-electron chi connectivity index (χ4n) is 2.62. The number of anilines is 1. The van der Waals surface area contributed by atoms with Crippen molar-refractivity contribution >= 4 is 27.5 Å². The van der Waals surface area contributed by atoms with Gasteiger partial charge in [-0.25, -0.2) is 0 Å². The molecule has 25 heavy (non-hydrogen) atoms. The van der Waals surface area contributed by atoms with E-state index in [1.165, 1.54) is 11.1 Å². The molecule has 0 unspecified atom stereocenters. The van der Waals surface area contributed by atoms with Crippen LogP contribution in [0.15, 0.2) is 77.5 Å². The van der Waals surface area contributed by atoms with Gasteiger partial charge in [-0.2, -0.15) is 4.57 Å². The van der Waals surface area contributed by atoms with E-state index in [1.54, 1.807) is 0 Å². The van der Waals surface area contributed by atoms with Gasteiger partial charge in [0.1, 0.15) is 0 Å². The first-order valence-corrected chi connectivity index (χ1v) is 8.97. The van der Waals surface area contributed by atoms with E-state index in [2.05, 4.69) is 45.5 Å². The lowest BCUT2D eigenvalue weighted by Gasteiger charge is -2.07. The maximum atomic E-state index is 12.2. The second-order valence-electron chi connectivity index (χ2n) is 6.07. The van der Waals surface area contributed by atoms with Crippen molar-refractivity contribution in [2.75, 3.05) is 5.32 Å². The Kier molecular flexibility index (Phi) is 5.61. The smallest absolute Gasteiger partial charge is 0.290 e. The van der Waals surface area contributed by atoms with Crippen molar-refractivity contribution in [2.24, 2.45) is 0 Å². The molecule has 0 aliphatic carbocycles. The molecule has 0 saturated heterocycles. The molecule has 0 spiro atoms. The Morgan fingerprint density at radius 3 is 2.36 bits per heavy atom. The van der Waals surface area contributed by atoms with Crippen molar-refractivity contribution in [3.05, 3.63) is 94.2 Å². The van der Waals surface area contributed by atoms with Gasteiger partial charge in [0, 0.05) is 16.6 Å². The molecule has 1 N–H and O–H groups in total. The number of amides is 1. The number of rotatable bonds is 5. The first kappa shape index (κ1) is 17.4. The Hall–Kier alpha value is -2.46. The van der Waals surface area contributed by atoms with E-state index >= 15 is 0 Å². The third-order valence-corrected chi connectivity index (χ3v) is 4.59. The summed E-state index contributed by atoms with van der Waals surface area (Å²) in [6.07, 6.45) is 4.79. The molecule has 126 valence electrons. The molecule has 2 aromatic carbocycles. The van der Waals surface area contributed by atoms with Crippen LogP contribution in [0.4, 0.5) is 5.69 Å². The summed E-state index contributed by atoms with van der Waals surface area (Å²) in [5.41, 5.74) is 4.44. The Morgan fingerprint density at radius 1 is 1.00 bits per heavy atom. The van der Waals surface area contributed by atoms with E-state index < -0.39 is 0 Å². The third kappa shape index (κ3) is 5.00. The molecule has 4 heteroatoms. The van der Waals surface area contributed by atoms with E-state index in [0.717, 1.165) is 22.1 Å². The predicted molar refractivity (Wildman–Crippen MR) is 103 cm³/mol. The van der Waals surface area contributed by atoms with Crippen LogP contribution in [0.2, 0.25) is 0 Å². The van der Waals surface area contributed by atoms with Crippen molar-refractivity contribution in [3.8, 4) is 0 Å². The summed E-state index contributed by atoms with van der Waals surface area (Å²) in [5, 5.41) is 2.93. The minimum absolute atomic E-state index is 0.0506. The summed E-state index contributed by atoms with van der Waals surface area (Å²) in [7, 11) is 0. The molecule has 1 aromatic heterocycles. The van der Waals surface area contributed by atoms with Crippen molar-refractivity contribution in [1.29, 1.82) is 0 Å². The van der Waals surface area contributed by atoms with Crippen LogP contribution in [-0.4, -0.2) is 5.91 Å². The van der Waals surface area contributed by atoms with Crippen molar-refractivity contribution in [1.82, 2.24) is 0 Å². The summed E-state index contributed by atoms with van der Waals surface area (Å²) in [6, 6.07) is 20.3. The molecular formula is C21H20BrN2O+. The van der Waals surface area contributed by atoms with Gasteiger partial charge in [-0.3, -0.25) is 4.79 Å². The monoisotopic (exact) mass is 395 g/mol. The molecule has 1 heterocycles. The number of pyridine rings is 1. The Labute approximate surface area is 156 Å². The molecule has 0 bridgehead atoms. The van der Waals surface area contributed by atoms with Crippen LogP contribution in [0.1, 0.15) is 16.7 Å². The molecule has 0 atom stereocenters. The summed E-state index contributed by atoms with van der Waals surface area (Å²) >= 11 is 3.48. The normalized spacial score (nSPS) is 10.5. The van der Waals surface area contributed by atoms with Crippen LogP contribution in [0.25, 0.3) is 0 Å². The molecule has 3 aromatic rings. The average molecular weight is 396 g/mol. The standard InChI is InChI=1S/C21H19BrN2O/c1-16-7-8-20(19(22)13-16)23-21(25)15-24-11-9-18(10-12-24)14-17-5-3-2-4-6-17/h2-13H,14-15H2,1H3/p+1. The highest BCUT2D eigenvalue weighted by atomic mass is 79.9. The third-order valence-electron chi connectivity index (χ3n) is 3.94. The minimum Gasteiger partial charge on any atom is -0.320 e. The maximum absolute atomic E-state index is 12.2. The van der Waals surface area contributed by atoms with Crippen LogP contribution in [0.5, 0.6) is 0 Å². The van der Waals surface area contributed by atoms with Gasteiger partial charge in [-0.15, -0.1) is 0 Å². The van der Waals surface area contributed by atoms with Crippen LogP contribution in [0, 0.1) is 6.92 Å². The van der Waals surface area contributed by atoms with Crippen LogP contribution in [-0.2, 0) is 17.8 Å². The molecule has 3 rings (SSSR count). The number of benzene rings is 2. The molecule has 0 aliphatic heterocycles. The topological polar surface area (TPSA) is 33.0 Å². The van der Waals surface area contributed by atoms with Crippen LogP contribution >= 0.6 is 15.9 Å². The second-order valence-corrected chi connectivity index (χ2v) is 6.93. The van der Waals surface area contributed by atoms with Crippen molar-refractivity contribution in [2.45, 2.75) is 19.9 Å². The number of nitrogens with zero attached hydrogens (tertiary/aromatic N) is 1. The number of aryl methyl sites for hydroxylation is 1. The lowest BCUT2D eigenvalue weighted by molar-refractivity contribution is -0.684. The van der Waals surface area contributed by atoms with Gasteiger partial charge in [0.15, 0.2) is 12.4 Å². The molecule has 3 nitrogen and oxygen atoms in total. The predicted octanol–water partition coefficient (Wildman–Crippen LogP) is 4.27. The summed E-state index contributed by atoms with van der Waals surface area (Å²) in [5.74, 6) is -0.0506. The van der Waals surface area contributed by atoms with Gasteiger partial charge in [0.25, 0.3) is 5.91 Å². The highest BCUT2D eigenvalue weighted by molar-refractivity contribution is 9.10. The largest absolute Gasteiger partial charge is 0.320 e. The number of halogens is 1. The SMILES string of the molecule is Cc1ccc(NC(=O)C[n+]2ccc(Cc3ccccc3)cc2)c(Br)c1. The molecule has 1 amide bonds. The summed E-state index contributed by atoms with van der Waals surface area (Å²) in [6.45, 7) is 2.30. The molecule has 0 fully saturated rings. The highest BCUT2D eigenvalue weighted by Crippen LogP contribution is 2.23. The highest BCUT2D eigenvalue weighted by Gasteiger charge is 2.11. The molecular weight excluding hydrogens is 376 g/mol. The van der Waals surface area contributed by atoms with Gasteiger partial charge in [0.05, 0.1) is 5.69 Å². The summed E-state index contributed by atoms with van der Waals surface area (Å²) < 4.78 is 2.77. The lowest BCUT2D eigenvalue weighted by atomic mass is 10.1. The fraction of sp³-hybridized carbons (Fsp3) is 0.143. The zero-order chi connectivity index (χ0) is 17.6. The fourth-order valence-corrected chi connectivity index (χ4v) is 3.21. The number of carbonyl (C=O) groups excluding carboxylic acids is 1. The number of carbonyl (C=O) groups is 1. The van der Waals surface area contributed by atoms with Crippen LogP contribution < -0.4 is 9.88 Å². The number of nitrogens with one attached hydrogen (secondary N) is 1. The Balaban J connectivity index is 1.60. The maximum Gasteiger partial charge on any atom is 0.290 e. The molecule has 0 saturated carbocycles. The van der Waals surface area contributed by atoms with Gasteiger partial charge < -0.3 is 5.32 Å². The minimum atomic E-state index is -0.0506. The van der Waals surface area contributed by atoms with Gasteiger partial charge in [-0.1, -0.05) is 36.4 Å². The lowest BCUT2D eigenvalue weighted by Crippen LogP contribution is -2.39. The average Bonchev–Trinajstić information content (AvgIpc) is 2.60. The van der Waals surface area contributed by atoms with E-state index in [9.17, 15) is 4.79 Å². The quantitative estimate of drug-likeness (QED) is 0.642. The molecule has 0 aliphatic rings. The van der Waals surface area contributed by atoms with Gasteiger partial charge in [-0.05, 0) is 58.1 Å². The number of hydrogen-bond acceptors (Lipinski definition) is 1.